The van der Waals surface area contributed by atoms with E-state index in [-0.39, 0.29) is 18.0 Å². The summed E-state index contributed by atoms with van der Waals surface area (Å²) in [5.41, 5.74) is 8.05. The Balaban J connectivity index is 2.11. The summed E-state index contributed by atoms with van der Waals surface area (Å²) in [6.45, 7) is 1.98. The highest BCUT2D eigenvalue weighted by Gasteiger charge is 2.25. The third-order valence-electron chi connectivity index (χ3n) is 3.29. The molecule has 1 aromatic carbocycles. The number of fused-ring (bicyclic) bond motifs is 1. The van der Waals surface area contributed by atoms with Crippen LogP contribution in [0.3, 0.4) is 0 Å². The molecule has 0 bridgehead atoms. The van der Waals surface area contributed by atoms with Gasteiger partial charge in [-0.3, -0.25) is 10.1 Å². The topological polar surface area (TPSA) is 55.1 Å². The molecule has 2 atom stereocenters. The second-order valence-corrected chi connectivity index (χ2v) is 4.32. The average Bonchev–Trinajstić information content (AvgIpc) is 2.69. The molecule has 1 aliphatic rings. The number of rotatable bonds is 4. The summed E-state index contributed by atoms with van der Waals surface area (Å²) in [5.74, 6) is -0.258. The zero-order valence-corrected chi connectivity index (χ0v) is 9.57. The van der Waals surface area contributed by atoms with Crippen molar-refractivity contribution in [3.63, 3.8) is 0 Å². The van der Waals surface area contributed by atoms with Crippen molar-refractivity contribution in [1.29, 1.82) is 0 Å². The van der Waals surface area contributed by atoms with Gasteiger partial charge in [0, 0.05) is 6.04 Å². The van der Waals surface area contributed by atoms with Crippen LogP contribution in [0.1, 0.15) is 36.9 Å². The highest BCUT2D eigenvalue weighted by molar-refractivity contribution is 5.79. The summed E-state index contributed by atoms with van der Waals surface area (Å²) in [6, 6.07) is 8.47. The lowest BCUT2D eigenvalue weighted by molar-refractivity contribution is -0.120. The maximum absolute atomic E-state index is 11.2. The summed E-state index contributed by atoms with van der Waals surface area (Å²) in [6.07, 6.45) is 2.89. The first kappa shape index (κ1) is 11.1. The number of carbonyl (C=O) groups excluding carboxylic acids is 1. The van der Waals surface area contributed by atoms with E-state index in [0.717, 1.165) is 19.3 Å². The Labute approximate surface area is 96.0 Å². The molecule has 16 heavy (non-hydrogen) atoms. The van der Waals surface area contributed by atoms with Crippen LogP contribution in [-0.4, -0.2) is 11.9 Å². The number of aryl methyl sites for hydroxylation is 1. The number of nitrogens with two attached hydrogens (primary N) is 1. The molecular formula is C13H18N2O. The predicted molar refractivity (Wildman–Crippen MR) is 63.9 cm³/mol. The van der Waals surface area contributed by atoms with Crippen LogP contribution < -0.4 is 11.1 Å². The SMILES string of the molecule is CCC(NC1CCc2ccccc21)C(N)=O. The molecule has 0 saturated heterocycles. The van der Waals surface area contributed by atoms with Gasteiger partial charge in [0.2, 0.25) is 5.91 Å². The summed E-state index contributed by atoms with van der Waals surface area (Å²) in [5, 5.41) is 3.35. The third kappa shape index (κ3) is 2.09. The highest BCUT2D eigenvalue weighted by atomic mass is 16.1. The van der Waals surface area contributed by atoms with Crippen LogP contribution in [0, 0.1) is 0 Å². The summed E-state index contributed by atoms with van der Waals surface area (Å²) in [7, 11) is 0. The molecular weight excluding hydrogens is 200 g/mol. The van der Waals surface area contributed by atoms with E-state index in [1.807, 2.05) is 13.0 Å². The lowest BCUT2D eigenvalue weighted by Crippen LogP contribution is -2.42. The van der Waals surface area contributed by atoms with E-state index in [9.17, 15) is 4.79 Å². The fourth-order valence-electron chi connectivity index (χ4n) is 2.37. The van der Waals surface area contributed by atoms with Crippen molar-refractivity contribution in [2.24, 2.45) is 5.73 Å². The molecule has 2 rings (SSSR count). The number of hydrogen-bond donors (Lipinski definition) is 2. The van der Waals surface area contributed by atoms with Crippen molar-refractivity contribution in [2.45, 2.75) is 38.3 Å². The molecule has 3 N–H and O–H groups in total. The number of hydrogen-bond acceptors (Lipinski definition) is 2. The number of benzene rings is 1. The van der Waals surface area contributed by atoms with E-state index in [1.165, 1.54) is 11.1 Å². The molecule has 2 unspecified atom stereocenters. The van der Waals surface area contributed by atoms with Gasteiger partial charge in [-0.2, -0.15) is 0 Å². The van der Waals surface area contributed by atoms with Crippen LogP contribution >= 0.6 is 0 Å². The van der Waals surface area contributed by atoms with Crippen molar-refractivity contribution in [3.8, 4) is 0 Å². The van der Waals surface area contributed by atoms with Crippen molar-refractivity contribution in [3.05, 3.63) is 35.4 Å². The van der Waals surface area contributed by atoms with Crippen LogP contribution in [0.15, 0.2) is 24.3 Å². The molecule has 0 aromatic heterocycles. The smallest absolute Gasteiger partial charge is 0.234 e. The van der Waals surface area contributed by atoms with E-state index in [0.29, 0.717) is 0 Å². The van der Waals surface area contributed by atoms with E-state index in [4.69, 9.17) is 5.73 Å². The van der Waals surface area contributed by atoms with Gasteiger partial charge in [0.05, 0.1) is 6.04 Å². The van der Waals surface area contributed by atoms with E-state index in [2.05, 4.69) is 23.5 Å². The van der Waals surface area contributed by atoms with Gasteiger partial charge in [-0.15, -0.1) is 0 Å². The molecule has 1 aromatic rings. The number of primary amides is 1. The van der Waals surface area contributed by atoms with E-state index < -0.39 is 0 Å². The van der Waals surface area contributed by atoms with Crippen LogP contribution in [0.4, 0.5) is 0 Å². The Hall–Kier alpha value is -1.35. The Bertz CT molecular complexity index is 389. The first-order valence-electron chi connectivity index (χ1n) is 5.85. The molecule has 3 heteroatoms. The number of carbonyl (C=O) groups is 1. The quantitative estimate of drug-likeness (QED) is 0.805. The van der Waals surface area contributed by atoms with E-state index >= 15 is 0 Å². The maximum Gasteiger partial charge on any atom is 0.234 e. The molecule has 1 aliphatic carbocycles. The first-order chi connectivity index (χ1) is 7.72. The van der Waals surface area contributed by atoms with Gasteiger partial charge in [-0.05, 0) is 30.4 Å². The second-order valence-electron chi connectivity index (χ2n) is 4.32. The molecule has 0 heterocycles. The fraction of sp³-hybridized carbons (Fsp3) is 0.462. The van der Waals surface area contributed by atoms with Gasteiger partial charge in [-0.1, -0.05) is 31.2 Å². The molecule has 1 amide bonds. The van der Waals surface area contributed by atoms with Crippen LogP contribution in [0.25, 0.3) is 0 Å². The Morgan fingerprint density at radius 1 is 1.56 bits per heavy atom. The summed E-state index contributed by atoms with van der Waals surface area (Å²) >= 11 is 0. The Morgan fingerprint density at radius 2 is 2.31 bits per heavy atom. The van der Waals surface area contributed by atoms with Crippen molar-refractivity contribution in [2.75, 3.05) is 0 Å². The zero-order chi connectivity index (χ0) is 11.5. The zero-order valence-electron chi connectivity index (χ0n) is 9.57. The van der Waals surface area contributed by atoms with Gasteiger partial charge in [0.15, 0.2) is 0 Å². The molecule has 0 spiro atoms. The predicted octanol–water partition coefficient (Wildman–Crippen LogP) is 1.53. The maximum atomic E-state index is 11.2. The minimum Gasteiger partial charge on any atom is -0.368 e. The van der Waals surface area contributed by atoms with Crippen LogP contribution in [0.2, 0.25) is 0 Å². The molecule has 0 radical (unpaired) electrons. The molecule has 0 saturated carbocycles. The largest absolute Gasteiger partial charge is 0.368 e. The van der Waals surface area contributed by atoms with Gasteiger partial charge < -0.3 is 5.73 Å². The van der Waals surface area contributed by atoms with Gasteiger partial charge in [0.1, 0.15) is 0 Å². The standard InChI is InChI=1S/C13H18N2O/c1-2-11(13(14)16)15-12-8-7-9-5-3-4-6-10(9)12/h3-6,11-12,15H,2,7-8H2,1H3,(H2,14,16). The molecule has 0 fully saturated rings. The molecule has 3 nitrogen and oxygen atoms in total. The highest BCUT2D eigenvalue weighted by Crippen LogP contribution is 2.31. The first-order valence-corrected chi connectivity index (χ1v) is 5.85. The van der Waals surface area contributed by atoms with Crippen molar-refractivity contribution in [1.82, 2.24) is 5.32 Å². The molecule has 86 valence electrons. The summed E-state index contributed by atoms with van der Waals surface area (Å²) in [4.78, 5) is 11.2. The fourth-order valence-corrected chi connectivity index (χ4v) is 2.37. The molecule has 0 aliphatic heterocycles. The lowest BCUT2D eigenvalue weighted by Gasteiger charge is -2.19. The van der Waals surface area contributed by atoms with Crippen LogP contribution in [0.5, 0.6) is 0 Å². The second kappa shape index (κ2) is 4.66. The van der Waals surface area contributed by atoms with Crippen molar-refractivity contribution < 1.29 is 4.79 Å². The van der Waals surface area contributed by atoms with Gasteiger partial charge >= 0.3 is 0 Å². The Morgan fingerprint density at radius 3 is 3.00 bits per heavy atom. The minimum atomic E-state index is -0.258. The average molecular weight is 218 g/mol. The normalized spacial score (nSPS) is 20.4. The summed E-state index contributed by atoms with van der Waals surface area (Å²) < 4.78 is 0. The van der Waals surface area contributed by atoms with E-state index in [1.54, 1.807) is 0 Å². The number of nitrogens with one attached hydrogen (secondary N) is 1. The monoisotopic (exact) mass is 218 g/mol. The minimum absolute atomic E-state index is 0.212. The van der Waals surface area contributed by atoms with Gasteiger partial charge in [-0.25, -0.2) is 0 Å². The van der Waals surface area contributed by atoms with Crippen molar-refractivity contribution >= 4 is 5.91 Å². The van der Waals surface area contributed by atoms with Crippen LogP contribution in [-0.2, 0) is 11.2 Å². The third-order valence-corrected chi connectivity index (χ3v) is 3.29. The Kier molecular flexibility index (Phi) is 3.25. The lowest BCUT2D eigenvalue weighted by atomic mass is 10.1. The van der Waals surface area contributed by atoms with Gasteiger partial charge in [0.25, 0.3) is 0 Å². The number of amides is 1.